The number of anilines is 2. The van der Waals surface area contributed by atoms with Crippen LogP contribution in [0.2, 0.25) is 0 Å². The van der Waals surface area contributed by atoms with Crippen molar-refractivity contribution in [2.75, 3.05) is 36.0 Å². The Morgan fingerprint density at radius 1 is 0.975 bits per heavy atom. The highest BCUT2D eigenvalue weighted by molar-refractivity contribution is 8.26. The maximum Gasteiger partial charge on any atom is 0.270 e. The number of hydrogen-bond donors (Lipinski definition) is 0. The summed E-state index contributed by atoms with van der Waals surface area (Å²) in [7, 11) is 1.63. The smallest absolute Gasteiger partial charge is 0.270 e. The molecule has 0 aliphatic carbocycles. The van der Waals surface area contributed by atoms with Gasteiger partial charge < -0.3 is 9.80 Å². The molecule has 2 aromatic carbocycles. The first-order valence-electron chi connectivity index (χ1n) is 12.6. The SMILES string of the molecule is Cc1c(/C=C2\SC(=S)N(Cc3ccc(F)cc3)C2=O)c(N2CCN(c3ccc(F)cc3)CC2)n(C)c(=O)c1C#N. The molecule has 0 bridgehead atoms. The fraction of sp³-hybridized carbons (Fsp3) is 0.241. The Morgan fingerprint density at radius 3 is 2.15 bits per heavy atom. The number of hydrogen-bond acceptors (Lipinski definition) is 7. The number of benzene rings is 2. The molecule has 2 aliphatic rings. The van der Waals surface area contributed by atoms with Crippen LogP contribution in [0.5, 0.6) is 0 Å². The van der Waals surface area contributed by atoms with E-state index >= 15 is 0 Å². The lowest BCUT2D eigenvalue weighted by Crippen LogP contribution is -2.48. The first-order valence-corrected chi connectivity index (χ1v) is 13.8. The molecule has 7 nitrogen and oxygen atoms in total. The Bertz CT molecular complexity index is 1620. The molecule has 204 valence electrons. The standard InChI is InChI=1S/C29H25F2N5O2S2/c1-18-23(15-25-28(38)36(29(39)40-25)17-19-3-5-20(30)6-4-19)26(33(2)27(37)24(18)16-32)35-13-11-34(12-14-35)22-9-7-21(31)8-10-22/h3-10,15H,11-14,17H2,1-2H3/b25-15-. The molecule has 0 radical (unpaired) electrons. The third-order valence-corrected chi connectivity index (χ3v) is 8.52. The van der Waals surface area contributed by atoms with Crippen LogP contribution in [-0.2, 0) is 18.4 Å². The highest BCUT2D eigenvalue weighted by Gasteiger charge is 2.33. The number of nitriles is 1. The summed E-state index contributed by atoms with van der Waals surface area (Å²) in [4.78, 5) is 32.6. The van der Waals surface area contributed by atoms with Crippen LogP contribution < -0.4 is 15.4 Å². The zero-order valence-electron chi connectivity index (χ0n) is 21.9. The van der Waals surface area contributed by atoms with Crippen molar-refractivity contribution in [2.24, 2.45) is 7.05 Å². The Morgan fingerprint density at radius 2 is 1.55 bits per heavy atom. The molecule has 0 atom stereocenters. The summed E-state index contributed by atoms with van der Waals surface area (Å²) < 4.78 is 28.6. The number of nitrogens with zero attached hydrogens (tertiary/aromatic N) is 5. The van der Waals surface area contributed by atoms with Gasteiger partial charge in [0.2, 0.25) is 0 Å². The van der Waals surface area contributed by atoms with Crippen LogP contribution in [0.25, 0.3) is 6.08 Å². The minimum Gasteiger partial charge on any atom is -0.368 e. The number of rotatable bonds is 5. The molecule has 0 N–H and O–H groups in total. The number of halogens is 2. The van der Waals surface area contributed by atoms with Gasteiger partial charge in [-0.15, -0.1) is 0 Å². The van der Waals surface area contributed by atoms with E-state index in [1.807, 2.05) is 6.07 Å². The minimum absolute atomic E-state index is 0.0178. The van der Waals surface area contributed by atoms with E-state index in [1.54, 1.807) is 44.3 Å². The van der Waals surface area contributed by atoms with E-state index in [-0.39, 0.29) is 29.6 Å². The molecule has 40 heavy (non-hydrogen) atoms. The molecule has 3 heterocycles. The molecule has 11 heteroatoms. The monoisotopic (exact) mass is 577 g/mol. The fourth-order valence-corrected chi connectivity index (χ4v) is 6.20. The lowest BCUT2D eigenvalue weighted by Gasteiger charge is -2.38. The molecule has 2 saturated heterocycles. The van der Waals surface area contributed by atoms with Gasteiger partial charge in [0.15, 0.2) is 0 Å². The van der Waals surface area contributed by atoms with Crippen LogP contribution in [0.15, 0.2) is 58.2 Å². The van der Waals surface area contributed by atoms with Crippen molar-refractivity contribution in [3.05, 3.63) is 97.7 Å². The molecule has 2 fully saturated rings. The predicted molar refractivity (Wildman–Crippen MR) is 157 cm³/mol. The maximum absolute atomic E-state index is 13.4. The second-order valence-electron chi connectivity index (χ2n) is 9.56. The Balaban J connectivity index is 1.48. The molecule has 3 aromatic rings. The van der Waals surface area contributed by atoms with Crippen LogP contribution in [0, 0.1) is 29.9 Å². The van der Waals surface area contributed by atoms with E-state index < -0.39 is 5.56 Å². The van der Waals surface area contributed by atoms with Gasteiger partial charge >= 0.3 is 0 Å². The van der Waals surface area contributed by atoms with Crippen LogP contribution >= 0.6 is 24.0 Å². The fourth-order valence-electron chi connectivity index (χ4n) is 4.96. The molecule has 0 unspecified atom stereocenters. The van der Waals surface area contributed by atoms with E-state index in [2.05, 4.69) is 9.80 Å². The Kier molecular flexibility index (Phi) is 7.74. The summed E-state index contributed by atoms with van der Waals surface area (Å²) >= 11 is 6.65. The van der Waals surface area contributed by atoms with Crippen LogP contribution in [-0.4, -0.2) is 45.9 Å². The zero-order valence-corrected chi connectivity index (χ0v) is 23.5. The average molecular weight is 578 g/mol. The van der Waals surface area contributed by atoms with Crippen LogP contribution in [0.3, 0.4) is 0 Å². The van der Waals surface area contributed by atoms with Gasteiger partial charge in [-0.3, -0.25) is 19.1 Å². The quantitative estimate of drug-likeness (QED) is 0.325. The van der Waals surface area contributed by atoms with Crippen molar-refractivity contribution >= 4 is 51.8 Å². The van der Waals surface area contributed by atoms with E-state index in [1.165, 1.54) is 33.7 Å². The van der Waals surface area contributed by atoms with Crippen molar-refractivity contribution in [3.63, 3.8) is 0 Å². The largest absolute Gasteiger partial charge is 0.368 e. The molecule has 1 aromatic heterocycles. The van der Waals surface area contributed by atoms with Gasteiger partial charge in [0.25, 0.3) is 11.5 Å². The Labute approximate surface area is 239 Å². The summed E-state index contributed by atoms with van der Waals surface area (Å²) in [6.45, 7) is 4.33. The Hall–Kier alpha value is -4.01. The first kappa shape index (κ1) is 27.6. The van der Waals surface area contributed by atoms with Gasteiger partial charge in [0.05, 0.1) is 11.4 Å². The molecular formula is C29H25F2N5O2S2. The molecule has 0 spiro atoms. The van der Waals surface area contributed by atoms with Crippen molar-refractivity contribution in [2.45, 2.75) is 13.5 Å². The predicted octanol–water partition coefficient (Wildman–Crippen LogP) is 4.57. The van der Waals surface area contributed by atoms with Gasteiger partial charge in [-0.1, -0.05) is 36.1 Å². The third kappa shape index (κ3) is 5.24. The number of amides is 1. The van der Waals surface area contributed by atoms with E-state index in [0.29, 0.717) is 52.3 Å². The maximum atomic E-state index is 13.4. The summed E-state index contributed by atoms with van der Waals surface area (Å²) in [5.74, 6) is -0.334. The number of thioether (sulfide) groups is 1. The van der Waals surface area contributed by atoms with Crippen LogP contribution in [0.1, 0.15) is 22.3 Å². The average Bonchev–Trinajstić information content (AvgIpc) is 3.21. The number of pyridine rings is 1. The summed E-state index contributed by atoms with van der Waals surface area (Å²) in [5.41, 5.74) is 2.36. The summed E-state index contributed by atoms with van der Waals surface area (Å²) in [6.07, 6.45) is 1.71. The summed E-state index contributed by atoms with van der Waals surface area (Å²) in [5, 5.41) is 9.75. The highest BCUT2D eigenvalue weighted by atomic mass is 32.2. The lowest BCUT2D eigenvalue weighted by atomic mass is 10.0. The van der Waals surface area contributed by atoms with Gasteiger partial charge in [0.1, 0.15) is 33.4 Å². The topological polar surface area (TPSA) is 72.6 Å². The highest BCUT2D eigenvalue weighted by Crippen LogP contribution is 2.36. The number of carbonyl (C=O) groups excluding carboxylic acids is 1. The number of aromatic nitrogens is 1. The second kappa shape index (κ2) is 11.2. The number of piperazine rings is 1. The van der Waals surface area contributed by atoms with Gasteiger partial charge in [0, 0.05) is 44.5 Å². The van der Waals surface area contributed by atoms with Crippen molar-refractivity contribution < 1.29 is 13.6 Å². The molecule has 1 amide bonds. The van der Waals surface area contributed by atoms with Crippen molar-refractivity contribution in [3.8, 4) is 6.07 Å². The molecule has 5 rings (SSSR count). The van der Waals surface area contributed by atoms with Crippen molar-refractivity contribution in [1.29, 1.82) is 5.26 Å². The lowest BCUT2D eigenvalue weighted by molar-refractivity contribution is -0.122. The van der Waals surface area contributed by atoms with Gasteiger partial charge in [-0.05, 0) is 60.5 Å². The van der Waals surface area contributed by atoms with Gasteiger partial charge in [-0.25, -0.2) is 8.78 Å². The van der Waals surface area contributed by atoms with Gasteiger partial charge in [-0.2, -0.15) is 5.26 Å². The van der Waals surface area contributed by atoms with Crippen molar-refractivity contribution in [1.82, 2.24) is 9.47 Å². The number of thiocarbonyl (C=S) groups is 1. The number of carbonyl (C=O) groups is 1. The molecule has 0 saturated carbocycles. The minimum atomic E-state index is -0.406. The molecule has 2 aliphatic heterocycles. The second-order valence-corrected chi connectivity index (χ2v) is 11.2. The van der Waals surface area contributed by atoms with E-state index in [4.69, 9.17) is 12.2 Å². The normalized spacial score (nSPS) is 16.7. The summed E-state index contributed by atoms with van der Waals surface area (Å²) in [6, 6.07) is 14.3. The zero-order chi connectivity index (χ0) is 28.6. The third-order valence-electron chi connectivity index (χ3n) is 7.14. The van der Waals surface area contributed by atoms with E-state index in [0.717, 1.165) is 23.0 Å². The molecular weight excluding hydrogens is 552 g/mol. The first-order chi connectivity index (χ1) is 19.2. The van der Waals surface area contributed by atoms with E-state index in [9.17, 15) is 23.6 Å². The van der Waals surface area contributed by atoms with Crippen LogP contribution in [0.4, 0.5) is 20.3 Å².